The minimum Gasteiger partial charge on any atom is -0.335 e. The van der Waals surface area contributed by atoms with Crippen LogP contribution in [0.3, 0.4) is 0 Å². The highest BCUT2D eigenvalue weighted by Gasteiger charge is 2.26. The zero-order valence-corrected chi connectivity index (χ0v) is 16.4. The Morgan fingerprint density at radius 1 is 1.16 bits per heavy atom. The van der Waals surface area contributed by atoms with Crippen LogP contribution in [0, 0.1) is 6.92 Å². The van der Waals surface area contributed by atoms with Gasteiger partial charge in [0, 0.05) is 38.1 Å². The van der Waals surface area contributed by atoms with Crippen molar-refractivity contribution in [3.63, 3.8) is 0 Å². The summed E-state index contributed by atoms with van der Waals surface area (Å²) in [6.07, 6.45) is 1.74. The standard InChI is InChI=1S/C20H27N3OS/c1-15-7-5-6-8-16(15)14-22-9-11-23(12-10-22)18(24)17-13-21-19(25-17)20(2,3)4/h5-8,13H,9-12,14H2,1-4H3. The number of amides is 1. The number of thiazole rings is 1. The fourth-order valence-corrected chi connectivity index (χ4v) is 3.95. The van der Waals surface area contributed by atoms with Crippen LogP contribution < -0.4 is 0 Å². The van der Waals surface area contributed by atoms with Crippen molar-refractivity contribution >= 4 is 17.2 Å². The first-order chi connectivity index (χ1) is 11.8. The number of hydrogen-bond donors (Lipinski definition) is 0. The third-order valence-corrected chi connectivity index (χ3v) is 6.08. The fraction of sp³-hybridized carbons (Fsp3) is 0.500. The molecule has 2 heterocycles. The third kappa shape index (κ3) is 4.28. The summed E-state index contributed by atoms with van der Waals surface area (Å²) in [6, 6.07) is 8.53. The molecule has 1 amide bonds. The van der Waals surface area contributed by atoms with Crippen molar-refractivity contribution in [2.24, 2.45) is 0 Å². The van der Waals surface area contributed by atoms with Crippen LogP contribution in [0.1, 0.15) is 46.6 Å². The Balaban J connectivity index is 1.58. The lowest BCUT2D eigenvalue weighted by molar-refractivity contribution is 0.0632. The van der Waals surface area contributed by atoms with Gasteiger partial charge in [-0.1, -0.05) is 45.0 Å². The van der Waals surface area contributed by atoms with Gasteiger partial charge in [0.05, 0.1) is 11.2 Å². The molecule has 0 bridgehead atoms. The summed E-state index contributed by atoms with van der Waals surface area (Å²) in [5.41, 5.74) is 2.70. The van der Waals surface area contributed by atoms with E-state index in [-0.39, 0.29) is 11.3 Å². The van der Waals surface area contributed by atoms with Crippen LogP contribution in [0.25, 0.3) is 0 Å². The molecule has 1 aromatic carbocycles. The van der Waals surface area contributed by atoms with Gasteiger partial charge in [-0.15, -0.1) is 11.3 Å². The van der Waals surface area contributed by atoms with Crippen LogP contribution in [0.2, 0.25) is 0 Å². The number of carbonyl (C=O) groups excluding carboxylic acids is 1. The van der Waals surface area contributed by atoms with E-state index >= 15 is 0 Å². The van der Waals surface area contributed by atoms with Crippen molar-refractivity contribution in [3.05, 3.63) is 51.5 Å². The first kappa shape index (κ1) is 18.1. The van der Waals surface area contributed by atoms with Gasteiger partial charge in [0.25, 0.3) is 5.91 Å². The number of hydrogen-bond acceptors (Lipinski definition) is 4. The van der Waals surface area contributed by atoms with E-state index < -0.39 is 0 Å². The van der Waals surface area contributed by atoms with Gasteiger partial charge in [-0.2, -0.15) is 0 Å². The van der Waals surface area contributed by atoms with Crippen molar-refractivity contribution in [2.45, 2.75) is 39.7 Å². The van der Waals surface area contributed by atoms with Crippen LogP contribution in [0.4, 0.5) is 0 Å². The SMILES string of the molecule is Cc1ccccc1CN1CCN(C(=O)c2cnc(C(C)(C)C)s2)CC1. The van der Waals surface area contributed by atoms with Crippen molar-refractivity contribution in [3.8, 4) is 0 Å². The molecule has 0 saturated carbocycles. The molecule has 25 heavy (non-hydrogen) atoms. The molecule has 0 aliphatic carbocycles. The van der Waals surface area contributed by atoms with Crippen LogP contribution in [0.15, 0.2) is 30.5 Å². The topological polar surface area (TPSA) is 36.4 Å². The van der Waals surface area contributed by atoms with Crippen LogP contribution >= 0.6 is 11.3 Å². The largest absolute Gasteiger partial charge is 0.335 e. The first-order valence-electron chi connectivity index (χ1n) is 8.87. The van der Waals surface area contributed by atoms with E-state index in [4.69, 9.17) is 0 Å². The Bertz CT molecular complexity index is 739. The molecule has 0 spiro atoms. The third-order valence-electron chi connectivity index (χ3n) is 4.67. The second-order valence-electron chi connectivity index (χ2n) is 7.77. The molecule has 0 radical (unpaired) electrons. The number of rotatable bonds is 3. The molecular formula is C20H27N3OS. The average Bonchev–Trinajstić information content (AvgIpc) is 3.07. The van der Waals surface area contributed by atoms with Gasteiger partial charge in [-0.3, -0.25) is 9.69 Å². The lowest BCUT2D eigenvalue weighted by Gasteiger charge is -2.34. The predicted octanol–water partition coefficient (Wildman–Crippen LogP) is 3.71. The Morgan fingerprint density at radius 2 is 1.84 bits per heavy atom. The van der Waals surface area contributed by atoms with E-state index in [9.17, 15) is 4.79 Å². The highest BCUT2D eigenvalue weighted by molar-refractivity contribution is 7.13. The smallest absolute Gasteiger partial charge is 0.265 e. The normalized spacial score (nSPS) is 16.2. The molecule has 5 heteroatoms. The van der Waals surface area contributed by atoms with Crippen LogP contribution in [-0.2, 0) is 12.0 Å². The summed E-state index contributed by atoms with van der Waals surface area (Å²) in [4.78, 5) is 22.3. The van der Waals surface area contributed by atoms with E-state index in [1.165, 1.54) is 22.5 Å². The summed E-state index contributed by atoms with van der Waals surface area (Å²) < 4.78 is 0. The minimum atomic E-state index is -0.00453. The first-order valence-corrected chi connectivity index (χ1v) is 9.68. The molecule has 1 aliphatic heterocycles. The number of benzene rings is 1. The van der Waals surface area contributed by atoms with Crippen molar-refractivity contribution in [2.75, 3.05) is 26.2 Å². The van der Waals surface area contributed by atoms with Crippen molar-refractivity contribution in [1.29, 1.82) is 0 Å². The second kappa shape index (κ2) is 7.26. The highest BCUT2D eigenvalue weighted by Crippen LogP contribution is 2.27. The molecule has 0 atom stereocenters. The summed E-state index contributed by atoms with van der Waals surface area (Å²) >= 11 is 1.53. The zero-order chi connectivity index (χ0) is 18.0. The van der Waals surface area contributed by atoms with E-state index in [0.29, 0.717) is 0 Å². The van der Waals surface area contributed by atoms with E-state index in [0.717, 1.165) is 42.6 Å². The minimum absolute atomic E-state index is 0.00453. The summed E-state index contributed by atoms with van der Waals surface area (Å²) in [6.45, 7) is 12.9. The molecular weight excluding hydrogens is 330 g/mol. The molecule has 1 aromatic heterocycles. The van der Waals surface area contributed by atoms with Gasteiger partial charge in [-0.05, 0) is 18.1 Å². The lowest BCUT2D eigenvalue weighted by Crippen LogP contribution is -2.48. The van der Waals surface area contributed by atoms with E-state index in [2.05, 4.69) is 61.8 Å². The maximum Gasteiger partial charge on any atom is 0.265 e. The molecule has 1 aliphatic rings. The van der Waals surface area contributed by atoms with Crippen LogP contribution in [0.5, 0.6) is 0 Å². The Kier molecular flexibility index (Phi) is 5.25. The molecule has 1 fully saturated rings. The molecule has 0 N–H and O–H groups in total. The Hall–Kier alpha value is -1.72. The predicted molar refractivity (Wildman–Crippen MR) is 103 cm³/mol. The molecule has 2 aromatic rings. The van der Waals surface area contributed by atoms with Crippen molar-refractivity contribution in [1.82, 2.24) is 14.8 Å². The maximum absolute atomic E-state index is 12.7. The highest BCUT2D eigenvalue weighted by atomic mass is 32.1. The molecule has 1 saturated heterocycles. The quantitative estimate of drug-likeness (QED) is 0.840. The van der Waals surface area contributed by atoms with Gasteiger partial charge in [-0.25, -0.2) is 4.98 Å². The molecule has 4 nitrogen and oxygen atoms in total. The van der Waals surface area contributed by atoms with E-state index in [1.807, 2.05) is 4.90 Å². The number of carbonyl (C=O) groups is 1. The van der Waals surface area contributed by atoms with Gasteiger partial charge in [0.1, 0.15) is 4.88 Å². The van der Waals surface area contributed by atoms with Gasteiger partial charge >= 0.3 is 0 Å². The monoisotopic (exact) mass is 357 g/mol. The Labute approximate surface area is 154 Å². The van der Waals surface area contributed by atoms with Gasteiger partial charge in [0.2, 0.25) is 0 Å². The molecule has 0 unspecified atom stereocenters. The summed E-state index contributed by atoms with van der Waals surface area (Å²) in [5.74, 6) is 0.128. The van der Waals surface area contributed by atoms with E-state index in [1.54, 1.807) is 6.20 Å². The number of piperazine rings is 1. The fourth-order valence-electron chi connectivity index (χ4n) is 3.01. The van der Waals surface area contributed by atoms with Gasteiger partial charge in [0.15, 0.2) is 0 Å². The summed E-state index contributed by atoms with van der Waals surface area (Å²) in [7, 11) is 0. The number of nitrogens with zero attached hydrogens (tertiary/aromatic N) is 3. The lowest BCUT2D eigenvalue weighted by atomic mass is 9.98. The maximum atomic E-state index is 12.7. The number of aromatic nitrogens is 1. The molecule has 3 rings (SSSR count). The number of aryl methyl sites for hydroxylation is 1. The second-order valence-corrected chi connectivity index (χ2v) is 8.81. The average molecular weight is 358 g/mol. The van der Waals surface area contributed by atoms with Gasteiger partial charge < -0.3 is 4.90 Å². The Morgan fingerprint density at radius 3 is 2.44 bits per heavy atom. The summed E-state index contributed by atoms with van der Waals surface area (Å²) in [5, 5.41) is 1.02. The molecule has 134 valence electrons. The zero-order valence-electron chi connectivity index (χ0n) is 15.6. The van der Waals surface area contributed by atoms with Crippen molar-refractivity contribution < 1.29 is 4.79 Å². The van der Waals surface area contributed by atoms with Crippen LogP contribution in [-0.4, -0.2) is 46.9 Å².